The van der Waals surface area contributed by atoms with E-state index >= 15 is 0 Å². The van der Waals surface area contributed by atoms with Gasteiger partial charge in [-0.05, 0) is 29.0 Å². The minimum Gasteiger partial charge on any atom is -0.267 e. The van der Waals surface area contributed by atoms with Gasteiger partial charge in [0.25, 0.3) is 11.8 Å². The molecule has 2 amide bonds. The van der Waals surface area contributed by atoms with Crippen molar-refractivity contribution in [1.82, 2.24) is 9.97 Å². The third-order valence-electron chi connectivity index (χ3n) is 2.62. The molecule has 7 heteroatoms. The fourth-order valence-electron chi connectivity index (χ4n) is 1.70. The molecule has 104 valence electrons. The lowest BCUT2D eigenvalue weighted by Gasteiger charge is -2.17. The zero-order valence-electron chi connectivity index (χ0n) is 10.7. The minimum absolute atomic E-state index is 0.0781. The summed E-state index contributed by atoms with van der Waals surface area (Å²) in [6.07, 6.45) is 3.00. The number of amides is 2. The van der Waals surface area contributed by atoms with Crippen molar-refractivity contribution in [2.45, 2.75) is 0 Å². The van der Waals surface area contributed by atoms with E-state index in [1.165, 1.54) is 35.1 Å². The molecular weight excluding hydrogens is 306 g/mol. The van der Waals surface area contributed by atoms with Gasteiger partial charge >= 0.3 is 0 Å². The summed E-state index contributed by atoms with van der Waals surface area (Å²) in [5.74, 6) is -0.765. The van der Waals surface area contributed by atoms with Gasteiger partial charge in [-0.25, -0.2) is 14.9 Å². The number of carbonyl (C=O) groups is 2. The molecule has 3 heterocycles. The Morgan fingerprint density at radius 1 is 0.857 bits per heavy atom. The van der Waals surface area contributed by atoms with Gasteiger partial charge in [0.05, 0.1) is 9.75 Å². The highest BCUT2D eigenvalue weighted by atomic mass is 32.1. The van der Waals surface area contributed by atoms with Crippen LogP contribution < -0.4 is 4.90 Å². The van der Waals surface area contributed by atoms with E-state index in [-0.39, 0.29) is 5.95 Å². The normalized spacial score (nSPS) is 10.3. The highest BCUT2D eigenvalue weighted by molar-refractivity contribution is 7.13. The van der Waals surface area contributed by atoms with E-state index in [0.717, 1.165) is 4.90 Å². The van der Waals surface area contributed by atoms with E-state index in [2.05, 4.69) is 9.97 Å². The first-order valence-electron chi connectivity index (χ1n) is 6.00. The fraction of sp³-hybridized carbons (Fsp3) is 0. The molecule has 0 aliphatic carbocycles. The quantitative estimate of drug-likeness (QED) is 0.697. The summed E-state index contributed by atoms with van der Waals surface area (Å²) in [4.78, 5) is 35.2. The Balaban J connectivity index is 2.03. The SMILES string of the molecule is O=C(c1cccs1)N(C(=O)c1cccs1)c1ncccn1. The second-order valence-electron chi connectivity index (χ2n) is 3.95. The van der Waals surface area contributed by atoms with Gasteiger partial charge in [0.1, 0.15) is 0 Å². The maximum absolute atomic E-state index is 12.6. The molecule has 0 fully saturated rings. The first-order valence-corrected chi connectivity index (χ1v) is 7.76. The largest absolute Gasteiger partial charge is 0.277 e. The summed E-state index contributed by atoms with van der Waals surface area (Å²) in [5, 5.41) is 3.57. The molecule has 0 radical (unpaired) electrons. The fourth-order valence-corrected chi connectivity index (χ4v) is 3.01. The zero-order chi connectivity index (χ0) is 14.7. The van der Waals surface area contributed by atoms with Gasteiger partial charge in [-0.15, -0.1) is 22.7 Å². The summed E-state index contributed by atoms with van der Waals surface area (Å²) in [7, 11) is 0. The molecule has 0 atom stereocenters. The Hall–Kier alpha value is -2.38. The van der Waals surface area contributed by atoms with Crippen molar-refractivity contribution < 1.29 is 9.59 Å². The van der Waals surface area contributed by atoms with Gasteiger partial charge in [0.15, 0.2) is 0 Å². The molecule has 0 bridgehead atoms. The standard InChI is InChI=1S/C14H9N3O2S2/c18-12(10-4-1-8-20-10)17(14-15-6-3-7-16-14)13(19)11-5-2-9-21-11/h1-9H. The van der Waals surface area contributed by atoms with Crippen LogP contribution in [0.2, 0.25) is 0 Å². The van der Waals surface area contributed by atoms with Gasteiger partial charge in [-0.3, -0.25) is 9.59 Å². The number of thiophene rings is 2. The number of rotatable bonds is 3. The predicted molar refractivity (Wildman–Crippen MR) is 81.8 cm³/mol. The summed E-state index contributed by atoms with van der Waals surface area (Å²) in [6.45, 7) is 0. The summed E-state index contributed by atoms with van der Waals surface area (Å²) in [5.41, 5.74) is 0. The van der Waals surface area contributed by atoms with E-state index < -0.39 is 11.8 Å². The van der Waals surface area contributed by atoms with Crippen molar-refractivity contribution in [2.24, 2.45) is 0 Å². The van der Waals surface area contributed by atoms with Gasteiger partial charge in [-0.2, -0.15) is 0 Å². The van der Waals surface area contributed by atoms with Gasteiger partial charge in [0, 0.05) is 12.4 Å². The summed E-state index contributed by atoms with van der Waals surface area (Å²) >= 11 is 2.55. The highest BCUT2D eigenvalue weighted by Gasteiger charge is 2.29. The van der Waals surface area contributed by atoms with Crippen LogP contribution in [-0.4, -0.2) is 21.8 Å². The van der Waals surface area contributed by atoms with Crippen molar-refractivity contribution >= 4 is 40.4 Å². The van der Waals surface area contributed by atoms with Gasteiger partial charge in [0.2, 0.25) is 5.95 Å². The maximum Gasteiger partial charge on any atom is 0.277 e. The first-order chi connectivity index (χ1) is 10.3. The van der Waals surface area contributed by atoms with Crippen molar-refractivity contribution in [1.29, 1.82) is 0 Å². The molecule has 3 aromatic rings. The number of nitrogens with zero attached hydrogens (tertiary/aromatic N) is 3. The second-order valence-corrected chi connectivity index (χ2v) is 5.84. The third kappa shape index (κ3) is 2.74. The van der Waals surface area contributed by atoms with E-state index in [9.17, 15) is 9.59 Å². The molecular formula is C14H9N3O2S2. The van der Waals surface area contributed by atoms with Crippen molar-refractivity contribution in [3.8, 4) is 0 Å². The van der Waals surface area contributed by atoms with E-state index in [0.29, 0.717) is 9.75 Å². The lowest BCUT2D eigenvalue weighted by Crippen LogP contribution is -2.37. The average molecular weight is 315 g/mol. The van der Waals surface area contributed by atoms with Crippen molar-refractivity contribution in [3.05, 3.63) is 63.2 Å². The minimum atomic E-state index is -0.422. The van der Waals surface area contributed by atoms with Gasteiger partial charge in [-0.1, -0.05) is 12.1 Å². The molecule has 3 aromatic heterocycles. The van der Waals surface area contributed by atoms with Crippen LogP contribution in [0.15, 0.2) is 53.5 Å². The zero-order valence-corrected chi connectivity index (χ0v) is 12.3. The molecule has 3 rings (SSSR count). The van der Waals surface area contributed by atoms with Crippen LogP contribution in [0, 0.1) is 0 Å². The van der Waals surface area contributed by atoms with E-state index in [1.54, 1.807) is 41.1 Å². The van der Waals surface area contributed by atoms with Crippen molar-refractivity contribution in [3.63, 3.8) is 0 Å². The number of aromatic nitrogens is 2. The maximum atomic E-state index is 12.6. The number of hydrogen-bond acceptors (Lipinski definition) is 6. The number of imide groups is 1. The Morgan fingerprint density at radius 3 is 1.81 bits per heavy atom. The van der Waals surface area contributed by atoms with Crippen LogP contribution >= 0.6 is 22.7 Å². The number of hydrogen-bond donors (Lipinski definition) is 0. The van der Waals surface area contributed by atoms with Crippen molar-refractivity contribution in [2.75, 3.05) is 4.90 Å². The lowest BCUT2D eigenvalue weighted by atomic mass is 10.3. The van der Waals surface area contributed by atoms with E-state index in [4.69, 9.17) is 0 Å². The highest BCUT2D eigenvalue weighted by Crippen LogP contribution is 2.20. The smallest absolute Gasteiger partial charge is 0.267 e. The lowest BCUT2D eigenvalue weighted by molar-refractivity contribution is 0.0900. The van der Waals surface area contributed by atoms with Crippen LogP contribution in [-0.2, 0) is 0 Å². The van der Waals surface area contributed by atoms with Crippen LogP contribution in [0.3, 0.4) is 0 Å². The second kappa shape index (κ2) is 5.94. The first kappa shape index (κ1) is 13.6. The molecule has 0 aromatic carbocycles. The van der Waals surface area contributed by atoms with Gasteiger partial charge < -0.3 is 0 Å². The van der Waals surface area contributed by atoms with Crippen LogP contribution in [0.4, 0.5) is 5.95 Å². The molecule has 0 unspecified atom stereocenters. The van der Waals surface area contributed by atoms with Crippen LogP contribution in [0.5, 0.6) is 0 Å². The van der Waals surface area contributed by atoms with Crippen LogP contribution in [0.25, 0.3) is 0 Å². The molecule has 0 aliphatic heterocycles. The molecule has 21 heavy (non-hydrogen) atoms. The van der Waals surface area contributed by atoms with Crippen LogP contribution in [0.1, 0.15) is 19.3 Å². The molecule has 0 saturated heterocycles. The Bertz CT molecular complexity index is 694. The molecule has 0 saturated carbocycles. The Kier molecular flexibility index (Phi) is 3.85. The third-order valence-corrected chi connectivity index (χ3v) is 4.34. The van der Waals surface area contributed by atoms with E-state index in [1.807, 2.05) is 0 Å². The summed E-state index contributed by atoms with van der Waals surface area (Å²) in [6, 6.07) is 8.50. The number of carbonyl (C=O) groups excluding carboxylic acids is 2. The predicted octanol–water partition coefficient (Wildman–Crippen LogP) is 3.09. The number of anilines is 1. The molecule has 0 aliphatic rings. The summed E-state index contributed by atoms with van der Waals surface area (Å²) < 4.78 is 0. The monoisotopic (exact) mass is 315 g/mol. The topological polar surface area (TPSA) is 63.2 Å². The molecule has 0 spiro atoms. The molecule has 5 nitrogen and oxygen atoms in total. The molecule has 0 N–H and O–H groups in total. The average Bonchev–Trinajstić information content (AvgIpc) is 3.22. The Morgan fingerprint density at radius 2 is 1.38 bits per heavy atom. The Labute approximate surface area is 128 Å².